The number of thiazole rings is 2. The van der Waals surface area contributed by atoms with Gasteiger partial charge in [0.05, 0.1) is 23.4 Å². The van der Waals surface area contributed by atoms with Gasteiger partial charge in [-0.2, -0.15) is 0 Å². The Morgan fingerprint density at radius 1 is 1.35 bits per heavy atom. The third kappa shape index (κ3) is 3.37. The topological polar surface area (TPSA) is 41.0 Å². The summed E-state index contributed by atoms with van der Waals surface area (Å²) in [4.78, 5) is 14.0. The lowest BCUT2D eigenvalue weighted by Crippen LogP contribution is -2.16. The Bertz CT molecular complexity index is 559. The van der Waals surface area contributed by atoms with E-state index in [0.717, 1.165) is 23.9 Å². The fraction of sp³-hybridized carbons (Fsp3) is 0.571. The van der Waals surface area contributed by atoms with Crippen LogP contribution < -0.4 is 10.2 Å². The largest absolute Gasteiger partial charge is 0.346 e. The number of nitrogens with zero attached hydrogens (tertiary/aromatic N) is 3. The first kappa shape index (κ1) is 15.4. The van der Waals surface area contributed by atoms with Crippen LogP contribution in [0.1, 0.15) is 40.9 Å². The van der Waals surface area contributed by atoms with Gasteiger partial charge >= 0.3 is 0 Å². The smallest absolute Gasteiger partial charge is 0.185 e. The van der Waals surface area contributed by atoms with Gasteiger partial charge in [-0.15, -0.1) is 22.7 Å². The molecule has 110 valence electrons. The first-order valence-electron chi connectivity index (χ1n) is 6.77. The molecule has 0 amide bonds. The lowest BCUT2D eigenvalue weighted by molar-refractivity contribution is 0.768. The van der Waals surface area contributed by atoms with Crippen molar-refractivity contribution in [1.29, 1.82) is 0 Å². The van der Waals surface area contributed by atoms with E-state index in [0.29, 0.717) is 5.92 Å². The highest BCUT2D eigenvalue weighted by Gasteiger charge is 2.17. The van der Waals surface area contributed by atoms with Crippen LogP contribution in [0, 0.1) is 6.92 Å². The van der Waals surface area contributed by atoms with Crippen molar-refractivity contribution in [2.24, 2.45) is 0 Å². The first-order valence-corrected chi connectivity index (χ1v) is 8.46. The Kier molecular flexibility index (Phi) is 5.12. The van der Waals surface area contributed by atoms with Crippen molar-refractivity contribution in [3.8, 4) is 0 Å². The molecule has 0 fully saturated rings. The van der Waals surface area contributed by atoms with Gasteiger partial charge in [0.1, 0.15) is 0 Å². The summed E-state index contributed by atoms with van der Waals surface area (Å²) in [6, 6.07) is 0. The van der Waals surface area contributed by atoms with Crippen LogP contribution in [0.5, 0.6) is 0 Å². The van der Waals surface area contributed by atoms with E-state index in [2.05, 4.69) is 43.0 Å². The SMILES string of the molecule is CNCc1sc(N(C)Cc2scnc2C)nc1C(C)C. The first-order chi connectivity index (χ1) is 9.52. The zero-order valence-corrected chi connectivity index (χ0v) is 14.4. The van der Waals surface area contributed by atoms with Gasteiger partial charge in [-0.05, 0) is 19.9 Å². The lowest BCUT2D eigenvalue weighted by Gasteiger charge is -2.14. The molecule has 2 aromatic rings. The average molecular weight is 310 g/mol. The number of aromatic nitrogens is 2. The summed E-state index contributed by atoms with van der Waals surface area (Å²) in [5, 5.41) is 4.32. The van der Waals surface area contributed by atoms with Gasteiger partial charge in [-0.3, -0.25) is 0 Å². The Morgan fingerprint density at radius 3 is 2.65 bits per heavy atom. The Morgan fingerprint density at radius 2 is 2.10 bits per heavy atom. The molecular weight excluding hydrogens is 288 g/mol. The van der Waals surface area contributed by atoms with Crippen molar-refractivity contribution in [1.82, 2.24) is 15.3 Å². The molecule has 0 radical (unpaired) electrons. The van der Waals surface area contributed by atoms with E-state index in [4.69, 9.17) is 4.98 Å². The molecule has 0 aliphatic heterocycles. The van der Waals surface area contributed by atoms with Gasteiger partial charge in [0, 0.05) is 23.3 Å². The Hall–Kier alpha value is -0.980. The molecule has 0 bridgehead atoms. The second-order valence-corrected chi connectivity index (χ2v) is 7.21. The maximum atomic E-state index is 4.83. The van der Waals surface area contributed by atoms with Gasteiger partial charge in [0.25, 0.3) is 0 Å². The van der Waals surface area contributed by atoms with Crippen LogP contribution in [-0.4, -0.2) is 24.1 Å². The zero-order valence-electron chi connectivity index (χ0n) is 12.7. The van der Waals surface area contributed by atoms with E-state index >= 15 is 0 Å². The van der Waals surface area contributed by atoms with Gasteiger partial charge < -0.3 is 10.2 Å². The molecule has 2 heterocycles. The number of nitrogens with one attached hydrogen (secondary N) is 1. The maximum Gasteiger partial charge on any atom is 0.185 e. The minimum absolute atomic E-state index is 0.460. The molecule has 4 nitrogen and oxygen atoms in total. The summed E-state index contributed by atoms with van der Waals surface area (Å²) in [7, 11) is 4.08. The van der Waals surface area contributed by atoms with E-state index in [1.807, 2.05) is 12.6 Å². The Labute approximate surface area is 128 Å². The van der Waals surface area contributed by atoms with Crippen LogP contribution in [0.2, 0.25) is 0 Å². The summed E-state index contributed by atoms with van der Waals surface area (Å²) in [5.74, 6) is 0.460. The quantitative estimate of drug-likeness (QED) is 0.888. The molecule has 2 rings (SSSR count). The van der Waals surface area contributed by atoms with Crippen molar-refractivity contribution in [3.63, 3.8) is 0 Å². The van der Waals surface area contributed by atoms with Crippen molar-refractivity contribution in [2.75, 3.05) is 19.0 Å². The normalized spacial score (nSPS) is 11.3. The molecule has 0 saturated carbocycles. The van der Waals surface area contributed by atoms with E-state index in [9.17, 15) is 0 Å². The van der Waals surface area contributed by atoms with Crippen molar-refractivity contribution >= 4 is 27.8 Å². The standard InChI is InChI=1S/C14H22N4S2/c1-9(2)13-11(6-15-4)20-14(17-13)18(5)7-12-10(3)16-8-19-12/h8-9,15H,6-7H2,1-5H3. The van der Waals surface area contributed by atoms with Gasteiger partial charge in [0.15, 0.2) is 5.13 Å². The third-order valence-corrected chi connectivity index (χ3v) is 5.26. The minimum Gasteiger partial charge on any atom is -0.346 e. The highest BCUT2D eigenvalue weighted by molar-refractivity contribution is 7.15. The van der Waals surface area contributed by atoms with Crippen molar-refractivity contribution < 1.29 is 0 Å². The lowest BCUT2D eigenvalue weighted by atomic mass is 10.1. The van der Waals surface area contributed by atoms with Crippen molar-refractivity contribution in [3.05, 3.63) is 26.7 Å². The number of hydrogen-bond donors (Lipinski definition) is 1. The molecular formula is C14H22N4S2. The summed E-state index contributed by atoms with van der Waals surface area (Å²) < 4.78 is 0. The van der Waals surface area contributed by atoms with E-state index in [1.54, 1.807) is 22.7 Å². The summed E-state index contributed by atoms with van der Waals surface area (Å²) >= 11 is 3.50. The fourth-order valence-electron chi connectivity index (χ4n) is 2.01. The van der Waals surface area contributed by atoms with Crippen LogP contribution in [0.4, 0.5) is 5.13 Å². The maximum absolute atomic E-state index is 4.83. The second-order valence-electron chi connectivity index (χ2n) is 5.21. The molecule has 0 aliphatic rings. The molecule has 0 saturated heterocycles. The molecule has 0 atom stereocenters. The molecule has 20 heavy (non-hydrogen) atoms. The number of hydrogen-bond acceptors (Lipinski definition) is 6. The molecule has 2 aromatic heterocycles. The number of rotatable bonds is 6. The van der Waals surface area contributed by atoms with Crippen LogP contribution >= 0.6 is 22.7 Å². The van der Waals surface area contributed by atoms with Gasteiger partial charge in [0.2, 0.25) is 0 Å². The molecule has 0 spiro atoms. The highest BCUT2D eigenvalue weighted by Crippen LogP contribution is 2.31. The number of aryl methyl sites for hydroxylation is 1. The van der Waals surface area contributed by atoms with E-state index in [1.165, 1.54) is 15.4 Å². The average Bonchev–Trinajstić information content (AvgIpc) is 2.97. The second kappa shape index (κ2) is 6.65. The summed E-state index contributed by atoms with van der Waals surface area (Å²) in [6.45, 7) is 8.23. The molecule has 6 heteroatoms. The summed E-state index contributed by atoms with van der Waals surface area (Å²) in [6.07, 6.45) is 0. The third-order valence-electron chi connectivity index (χ3n) is 3.15. The predicted octanol–water partition coefficient (Wildman–Crippen LogP) is 3.39. The van der Waals surface area contributed by atoms with Crippen molar-refractivity contribution in [2.45, 2.75) is 39.8 Å². The van der Waals surface area contributed by atoms with Crippen LogP contribution in [0.3, 0.4) is 0 Å². The monoisotopic (exact) mass is 310 g/mol. The number of anilines is 1. The van der Waals surface area contributed by atoms with Crippen LogP contribution in [-0.2, 0) is 13.1 Å². The fourth-order valence-corrected chi connectivity index (χ4v) is 4.03. The van der Waals surface area contributed by atoms with Crippen LogP contribution in [0.15, 0.2) is 5.51 Å². The summed E-state index contributed by atoms with van der Waals surface area (Å²) in [5.41, 5.74) is 4.25. The minimum atomic E-state index is 0.460. The molecule has 0 aromatic carbocycles. The van der Waals surface area contributed by atoms with E-state index < -0.39 is 0 Å². The van der Waals surface area contributed by atoms with Gasteiger partial charge in [-0.1, -0.05) is 13.8 Å². The van der Waals surface area contributed by atoms with E-state index in [-0.39, 0.29) is 0 Å². The highest BCUT2D eigenvalue weighted by atomic mass is 32.1. The molecule has 0 unspecified atom stereocenters. The molecule has 0 aliphatic carbocycles. The Balaban J connectivity index is 2.19. The predicted molar refractivity (Wildman–Crippen MR) is 87.9 cm³/mol. The molecule has 1 N–H and O–H groups in total. The van der Waals surface area contributed by atoms with Gasteiger partial charge in [-0.25, -0.2) is 9.97 Å². The van der Waals surface area contributed by atoms with Crippen LogP contribution in [0.25, 0.3) is 0 Å². The zero-order chi connectivity index (χ0) is 14.7.